The molecule has 2 N–H and O–H groups in total. The summed E-state index contributed by atoms with van der Waals surface area (Å²) in [4.78, 5) is 0. The van der Waals surface area contributed by atoms with Crippen molar-refractivity contribution in [1.82, 2.24) is 10.2 Å². The molecule has 0 spiro atoms. The molecule has 0 amide bonds. The monoisotopic (exact) mass is 351 g/mol. The Kier molecular flexibility index (Phi) is 6.01. The second kappa shape index (κ2) is 8.82. The maximum absolute atomic E-state index is 9.02. The van der Waals surface area contributed by atoms with Gasteiger partial charge in [0.15, 0.2) is 0 Å². The number of rotatable bonds is 8. The Morgan fingerprint density at radius 3 is 2.23 bits per heavy atom. The smallest absolute Gasteiger partial charge is 0.148 e. The second-order valence-electron chi connectivity index (χ2n) is 5.61. The third-order valence-corrected chi connectivity index (χ3v) is 3.83. The molecule has 6 nitrogen and oxygen atoms in total. The van der Waals surface area contributed by atoms with Crippen LogP contribution in [-0.2, 0) is 6.61 Å². The van der Waals surface area contributed by atoms with Gasteiger partial charge in [0.2, 0.25) is 0 Å². The highest BCUT2D eigenvalue weighted by Crippen LogP contribution is 2.20. The Bertz CT molecular complexity index is 803. The van der Waals surface area contributed by atoms with Gasteiger partial charge in [-0.1, -0.05) is 12.1 Å². The van der Waals surface area contributed by atoms with Crippen LogP contribution in [0.3, 0.4) is 0 Å². The lowest BCUT2D eigenvalue weighted by Gasteiger charge is -2.08. The quantitative estimate of drug-likeness (QED) is 0.607. The molecular formula is C20H21N3O3. The molecule has 0 aliphatic rings. The highest BCUT2D eigenvalue weighted by molar-refractivity contribution is 5.60. The van der Waals surface area contributed by atoms with E-state index in [9.17, 15) is 0 Å². The fraction of sp³-hybridized carbons (Fsp3) is 0.200. The Morgan fingerprint density at radius 2 is 1.62 bits per heavy atom. The Morgan fingerprint density at radius 1 is 0.885 bits per heavy atom. The van der Waals surface area contributed by atoms with E-state index in [0.717, 1.165) is 28.3 Å². The first-order valence-corrected chi connectivity index (χ1v) is 8.33. The van der Waals surface area contributed by atoms with Gasteiger partial charge < -0.3 is 19.9 Å². The number of benzene rings is 2. The molecule has 1 aromatic heterocycles. The van der Waals surface area contributed by atoms with E-state index in [-0.39, 0.29) is 6.61 Å². The molecular weight excluding hydrogens is 330 g/mol. The van der Waals surface area contributed by atoms with Crippen molar-refractivity contribution in [3.63, 3.8) is 0 Å². The first kappa shape index (κ1) is 17.7. The number of methoxy groups -OCH3 is 1. The summed E-state index contributed by atoms with van der Waals surface area (Å²) in [7, 11) is 1.64. The van der Waals surface area contributed by atoms with Crippen LogP contribution in [0.25, 0.3) is 11.3 Å². The predicted molar refractivity (Wildman–Crippen MR) is 100 cm³/mol. The molecule has 0 aliphatic carbocycles. The van der Waals surface area contributed by atoms with Gasteiger partial charge in [-0.2, -0.15) is 0 Å². The number of aliphatic hydroxyl groups is 1. The van der Waals surface area contributed by atoms with Crippen LogP contribution < -0.4 is 14.8 Å². The maximum Gasteiger partial charge on any atom is 0.148 e. The summed E-state index contributed by atoms with van der Waals surface area (Å²) in [6.07, 6.45) is 0. The molecule has 0 atom stereocenters. The van der Waals surface area contributed by atoms with E-state index >= 15 is 0 Å². The standard InChI is InChI=1S/C20H21N3O3/c1-25-17-8-4-16(5-9-17)19-10-11-20(23-22-19)21-12-13-26-18-6-2-15(14-24)3-7-18/h2-11,24H,12-14H2,1H3,(H,21,23). The first-order chi connectivity index (χ1) is 12.8. The molecule has 0 saturated carbocycles. The number of nitrogens with one attached hydrogen (secondary N) is 1. The maximum atomic E-state index is 9.02. The van der Waals surface area contributed by atoms with E-state index in [0.29, 0.717) is 19.0 Å². The SMILES string of the molecule is COc1ccc(-c2ccc(NCCOc3ccc(CO)cc3)nn2)cc1. The van der Waals surface area contributed by atoms with Crippen LogP contribution in [0.4, 0.5) is 5.82 Å². The first-order valence-electron chi connectivity index (χ1n) is 8.33. The number of aromatic nitrogens is 2. The van der Waals surface area contributed by atoms with Crippen molar-refractivity contribution >= 4 is 5.82 Å². The van der Waals surface area contributed by atoms with Gasteiger partial charge in [-0.3, -0.25) is 0 Å². The average molecular weight is 351 g/mol. The summed E-state index contributed by atoms with van der Waals surface area (Å²) in [6.45, 7) is 1.14. The summed E-state index contributed by atoms with van der Waals surface area (Å²) < 4.78 is 10.8. The number of ether oxygens (including phenoxy) is 2. The molecule has 0 bridgehead atoms. The number of anilines is 1. The highest BCUT2D eigenvalue weighted by atomic mass is 16.5. The van der Waals surface area contributed by atoms with Gasteiger partial charge >= 0.3 is 0 Å². The van der Waals surface area contributed by atoms with Crippen LogP contribution in [-0.4, -0.2) is 35.6 Å². The number of hydrogen-bond donors (Lipinski definition) is 2. The zero-order valence-corrected chi connectivity index (χ0v) is 14.6. The lowest BCUT2D eigenvalue weighted by Crippen LogP contribution is -2.12. The van der Waals surface area contributed by atoms with Crippen molar-refractivity contribution in [3.8, 4) is 22.8 Å². The van der Waals surface area contributed by atoms with Crippen LogP contribution in [0.15, 0.2) is 60.7 Å². The fourth-order valence-electron chi connectivity index (χ4n) is 2.38. The molecule has 1 heterocycles. The topological polar surface area (TPSA) is 76.5 Å². The van der Waals surface area contributed by atoms with Crippen molar-refractivity contribution in [1.29, 1.82) is 0 Å². The van der Waals surface area contributed by atoms with Crippen molar-refractivity contribution < 1.29 is 14.6 Å². The van der Waals surface area contributed by atoms with Crippen LogP contribution >= 0.6 is 0 Å². The summed E-state index contributed by atoms with van der Waals surface area (Å²) in [6, 6.07) is 18.9. The number of nitrogens with zero attached hydrogens (tertiary/aromatic N) is 2. The van der Waals surface area contributed by atoms with Gasteiger partial charge in [0.05, 0.1) is 26.0 Å². The molecule has 0 fully saturated rings. The molecule has 134 valence electrons. The van der Waals surface area contributed by atoms with Crippen molar-refractivity contribution in [2.45, 2.75) is 6.61 Å². The predicted octanol–water partition coefficient (Wildman–Crippen LogP) is 3.14. The van der Waals surface area contributed by atoms with Crippen molar-refractivity contribution in [3.05, 3.63) is 66.2 Å². The van der Waals surface area contributed by atoms with Crippen LogP contribution in [0.1, 0.15) is 5.56 Å². The third-order valence-electron chi connectivity index (χ3n) is 3.83. The summed E-state index contributed by atoms with van der Waals surface area (Å²) in [5.74, 6) is 2.28. The summed E-state index contributed by atoms with van der Waals surface area (Å²) >= 11 is 0. The molecule has 3 rings (SSSR count). The molecule has 0 unspecified atom stereocenters. The molecule has 0 saturated heterocycles. The van der Waals surface area contributed by atoms with E-state index in [1.165, 1.54) is 0 Å². The van der Waals surface area contributed by atoms with Crippen molar-refractivity contribution in [2.24, 2.45) is 0 Å². The van der Waals surface area contributed by atoms with E-state index in [1.807, 2.05) is 60.7 Å². The van der Waals surface area contributed by atoms with E-state index in [1.54, 1.807) is 7.11 Å². The minimum atomic E-state index is 0.0347. The van der Waals surface area contributed by atoms with E-state index in [2.05, 4.69) is 15.5 Å². The Balaban J connectivity index is 1.47. The molecule has 26 heavy (non-hydrogen) atoms. The average Bonchev–Trinajstić information content (AvgIpc) is 2.72. The number of hydrogen-bond acceptors (Lipinski definition) is 6. The second-order valence-corrected chi connectivity index (χ2v) is 5.61. The molecule has 6 heteroatoms. The largest absolute Gasteiger partial charge is 0.497 e. The minimum Gasteiger partial charge on any atom is -0.497 e. The number of aliphatic hydroxyl groups excluding tert-OH is 1. The van der Waals surface area contributed by atoms with Crippen LogP contribution in [0, 0.1) is 0 Å². The van der Waals surface area contributed by atoms with Gasteiger partial charge in [-0.05, 0) is 54.1 Å². The minimum absolute atomic E-state index is 0.0347. The van der Waals surface area contributed by atoms with Gasteiger partial charge in [-0.25, -0.2) is 0 Å². The van der Waals surface area contributed by atoms with Crippen molar-refractivity contribution in [2.75, 3.05) is 25.6 Å². The normalized spacial score (nSPS) is 10.4. The van der Waals surface area contributed by atoms with E-state index < -0.39 is 0 Å². The van der Waals surface area contributed by atoms with Gasteiger partial charge in [-0.15, -0.1) is 10.2 Å². The third kappa shape index (κ3) is 4.70. The Labute approximate surface area is 152 Å². The zero-order valence-electron chi connectivity index (χ0n) is 14.6. The zero-order chi connectivity index (χ0) is 18.2. The van der Waals surface area contributed by atoms with Gasteiger partial charge in [0, 0.05) is 5.56 Å². The fourth-order valence-corrected chi connectivity index (χ4v) is 2.38. The lowest BCUT2D eigenvalue weighted by molar-refractivity contribution is 0.281. The molecule has 3 aromatic rings. The highest BCUT2D eigenvalue weighted by Gasteiger charge is 2.02. The molecule has 0 aliphatic heterocycles. The molecule has 0 radical (unpaired) electrons. The summed E-state index contributed by atoms with van der Waals surface area (Å²) in [5, 5.41) is 20.6. The molecule has 2 aromatic carbocycles. The van der Waals surface area contributed by atoms with Gasteiger partial charge in [0.1, 0.15) is 23.9 Å². The lowest BCUT2D eigenvalue weighted by atomic mass is 10.1. The van der Waals surface area contributed by atoms with Crippen LogP contribution in [0.2, 0.25) is 0 Å². The van der Waals surface area contributed by atoms with E-state index in [4.69, 9.17) is 14.6 Å². The van der Waals surface area contributed by atoms with Gasteiger partial charge in [0.25, 0.3) is 0 Å². The van der Waals surface area contributed by atoms with Crippen LogP contribution in [0.5, 0.6) is 11.5 Å². The Hall–Kier alpha value is -3.12. The summed E-state index contributed by atoms with van der Waals surface area (Å²) in [5.41, 5.74) is 2.65.